The van der Waals surface area contributed by atoms with Crippen LogP contribution in [0.25, 0.3) is 0 Å². The summed E-state index contributed by atoms with van der Waals surface area (Å²) in [6.45, 7) is 8.11. The third kappa shape index (κ3) is 3.87. The summed E-state index contributed by atoms with van der Waals surface area (Å²) in [6.07, 6.45) is 2.11. The number of thiophene rings is 1. The van der Waals surface area contributed by atoms with Crippen LogP contribution < -0.4 is 0 Å². The van der Waals surface area contributed by atoms with Gasteiger partial charge < -0.3 is 9.26 Å². The number of carbonyl (C=O) groups is 1. The molecule has 0 radical (unpaired) electrons. The molecule has 152 valence electrons. The molecule has 1 aliphatic rings. The van der Waals surface area contributed by atoms with Gasteiger partial charge in [-0.3, -0.25) is 4.90 Å². The summed E-state index contributed by atoms with van der Waals surface area (Å²) < 4.78 is 10.5. The Morgan fingerprint density at radius 2 is 2.10 bits per heavy atom. The summed E-state index contributed by atoms with van der Waals surface area (Å²) in [4.78, 5) is 17.2. The Balaban J connectivity index is 1.66. The van der Waals surface area contributed by atoms with Crippen molar-refractivity contribution in [2.45, 2.75) is 46.2 Å². The number of hydrogen-bond donors (Lipinski definition) is 0. The molecule has 3 aromatic rings. The van der Waals surface area contributed by atoms with E-state index in [4.69, 9.17) is 9.26 Å². The summed E-state index contributed by atoms with van der Waals surface area (Å²) in [7, 11) is 0. The largest absolute Gasteiger partial charge is 0.461 e. The normalized spacial score (nSPS) is 16.6. The number of carbonyl (C=O) groups excluding carboxylic acids is 1. The van der Waals surface area contributed by atoms with Crippen LogP contribution in [-0.2, 0) is 24.1 Å². The fraction of sp³-hybridized carbons (Fsp3) is 0.391. The predicted molar refractivity (Wildman–Crippen MR) is 113 cm³/mol. The zero-order valence-corrected chi connectivity index (χ0v) is 17.9. The van der Waals surface area contributed by atoms with Crippen LogP contribution in [0.4, 0.5) is 0 Å². The van der Waals surface area contributed by atoms with Crippen molar-refractivity contribution in [2.75, 3.05) is 13.2 Å². The number of hydrogen-bond acceptors (Lipinski definition) is 6. The standard InChI is InChI=1S/C23H26N2O3S/c1-4-18-15(3)29-22-19(18)11-12-25(21(22)16-9-7-6-8-10-16)14-17-13-20(24-28-17)23(26)27-5-2/h6-10,13,21H,4-5,11-12,14H2,1-3H3. The monoisotopic (exact) mass is 410 g/mol. The lowest BCUT2D eigenvalue weighted by Crippen LogP contribution is -2.35. The van der Waals surface area contributed by atoms with E-state index < -0.39 is 5.97 Å². The molecular weight excluding hydrogens is 384 g/mol. The minimum Gasteiger partial charge on any atom is -0.461 e. The molecule has 29 heavy (non-hydrogen) atoms. The van der Waals surface area contributed by atoms with Gasteiger partial charge in [-0.2, -0.15) is 0 Å². The number of esters is 1. The molecule has 0 amide bonds. The summed E-state index contributed by atoms with van der Waals surface area (Å²) in [6, 6.07) is 12.5. The van der Waals surface area contributed by atoms with Gasteiger partial charge in [0.15, 0.2) is 11.5 Å². The van der Waals surface area contributed by atoms with Crippen molar-refractivity contribution in [2.24, 2.45) is 0 Å². The van der Waals surface area contributed by atoms with Crippen molar-refractivity contribution in [3.05, 3.63) is 74.3 Å². The van der Waals surface area contributed by atoms with Gasteiger partial charge in [-0.15, -0.1) is 11.3 Å². The summed E-state index contributed by atoms with van der Waals surface area (Å²) in [5.74, 6) is 0.242. The maximum Gasteiger partial charge on any atom is 0.360 e. The molecular formula is C23H26N2O3S. The summed E-state index contributed by atoms with van der Waals surface area (Å²) in [5, 5.41) is 3.90. The first-order valence-corrected chi connectivity index (χ1v) is 11.0. The predicted octanol–water partition coefficient (Wildman–Crippen LogP) is 4.93. The lowest BCUT2D eigenvalue weighted by molar-refractivity contribution is 0.0514. The number of benzene rings is 1. The average molecular weight is 411 g/mol. The van der Waals surface area contributed by atoms with Gasteiger partial charge in [-0.05, 0) is 43.4 Å². The van der Waals surface area contributed by atoms with E-state index in [1.54, 1.807) is 13.0 Å². The third-order valence-electron chi connectivity index (χ3n) is 5.48. The SMILES string of the molecule is CCOC(=O)c1cc(CN2CCc3c(sc(C)c3CC)C2c2ccccc2)on1. The van der Waals surface area contributed by atoms with Gasteiger partial charge in [0.1, 0.15) is 0 Å². The lowest BCUT2D eigenvalue weighted by atomic mass is 9.91. The number of aromatic nitrogens is 1. The molecule has 0 N–H and O–H groups in total. The number of rotatable bonds is 6. The fourth-order valence-corrected chi connectivity index (χ4v) is 5.68. The zero-order valence-electron chi connectivity index (χ0n) is 17.1. The maximum atomic E-state index is 11.9. The van der Waals surface area contributed by atoms with Crippen LogP contribution in [0, 0.1) is 6.92 Å². The zero-order chi connectivity index (χ0) is 20.4. The maximum absolute atomic E-state index is 11.9. The molecule has 1 aromatic carbocycles. The second kappa shape index (κ2) is 8.51. The Morgan fingerprint density at radius 1 is 1.31 bits per heavy atom. The number of nitrogens with zero attached hydrogens (tertiary/aromatic N) is 2. The van der Waals surface area contributed by atoms with Gasteiger partial charge in [-0.1, -0.05) is 42.4 Å². The Bertz CT molecular complexity index is 993. The van der Waals surface area contributed by atoms with Gasteiger partial charge in [0, 0.05) is 22.4 Å². The minimum absolute atomic E-state index is 0.181. The first-order valence-electron chi connectivity index (χ1n) is 10.1. The van der Waals surface area contributed by atoms with E-state index in [1.807, 2.05) is 11.3 Å². The van der Waals surface area contributed by atoms with Crippen LogP contribution in [0.5, 0.6) is 0 Å². The molecule has 0 saturated carbocycles. The highest BCUT2D eigenvalue weighted by molar-refractivity contribution is 7.12. The molecule has 1 unspecified atom stereocenters. The minimum atomic E-state index is -0.440. The second-order valence-electron chi connectivity index (χ2n) is 7.27. The number of aryl methyl sites for hydroxylation is 1. The van der Waals surface area contributed by atoms with Crippen LogP contribution in [-0.4, -0.2) is 29.2 Å². The van der Waals surface area contributed by atoms with Gasteiger partial charge in [0.05, 0.1) is 19.2 Å². The highest BCUT2D eigenvalue weighted by atomic mass is 32.1. The molecule has 1 aliphatic heterocycles. The Morgan fingerprint density at radius 3 is 2.83 bits per heavy atom. The molecule has 0 spiro atoms. The Labute approximate surface area is 175 Å². The quantitative estimate of drug-likeness (QED) is 0.539. The van der Waals surface area contributed by atoms with Crippen molar-refractivity contribution < 1.29 is 14.1 Å². The first-order chi connectivity index (χ1) is 14.1. The molecule has 0 fully saturated rings. The van der Waals surface area contributed by atoms with E-state index in [1.165, 1.54) is 26.4 Å². The van der Waals surface area contributed by atoms with Crippen molar-refractivity contribution in [1.82, 2.24) is 10.1 Å². The highest BCUT2D eigenvalue weighted by Crippen LogP contribution is 2.43. The van der Waals surface area contributed by atoms with Crippen LogP contribution in [0.2, 0.25) is 0 Å². The molecule has 2 aromatic heterocycles. The van der Waals surface area contributed by atoms with Crippen LogP contribution in [0.15, 0.2) is 40.9 Å². The van der Waals surface area contributed by atoms with Gasteiger partial charge in [-0.25, -0.2) is 4.79 Å². The van der Waals surface area contributed by atoms with E-state index >= 15 is 0 Å². The van der Waals surface area contributed by atoms with Crippen molar-refractivity contribution in [3.63, 3.8) is 0 Å². The Kier molecular flexibility index (Phi) is 5.83. The molecule has 0 saturated heterocycles. The molecule has 0 bridgehead atoms. The lowest BCUT2D eigenvalue weighted by Gasteiger charge is -2.35. The molecule has 0 aliphatic carbocycles. The van der Waals surface area contributed by atoms with Gasteiger partial charge in [0.25, 0.3) is 0 Å². The number of fused-ring (bicyclic) bond motifs is 1. The molecule has 6 heteroatoms. The molecule has 5 nitrogen and oxygen atoms in total. The van der Waals surface area contributed by atoms with Crippen molar-refractivity contribution in [1.29, 1.82) is 0 Å². The van der Waals surface area contributed by atoms with E-state index in [0.29, 0.717) is 18.9 Å². The van der Waals surface area contributed by atoms with Crippen LogP contribution >= 0.6 is 11.3 Å². The van der Waals surface area contributed by atoms with E-state index in [9.17, 15) is 4.79 Å². The summed E-state index contributed by atoms with van der Waals surface area (Å²) in [5.41, 5.74) is 4.54. The fourth-order valence-electron chi connectivity index (χ4n) is 4.21. The molecule has 1 atom stereocenters. The van der Waals surface area contributed by atoms with Crippen LogP contribution in [0.1, 0.15) is 62.6 Å². The van der Waals surface area contributed by atoms with Crippen LogP contribution in [0.3, 0.4) is 0 Å². The van der Waals surface area contributed by atoms with Gasteiger partial charge in [0.2, 0.25) is 0 Å². The third-order valence-corrected chi connectivity index (χ3v) is 6.73. The molecule has 4 rings (SSSR count). The van der Waals surface area contributed by atoms with Gasteiger partial charge >= 0.3 is 5.97 Å². The van der Waals surface area contributed by atoms with E-state index in [2.05, 4.69) is 54.2 Å². The number of ether oxygens (including phenoxy) is 1. The first kappa shape index (κ1) is 19.9. The average Bonchev–Trinajstić information content (AvgIpc) is 3.32. The molecule has 3 heterocycles. The smallest absolute Gasteiger partial charge is 0.360 e. The second-order valence-corrected chi connectivity index (χ2v) is 8.52. The van der Waals surface area contributed by atoms with E-state index in [0.717, 1.165) is 19.4 Å². The summed E-state index contributed by atoms with van der Waals surface area (Å²) >= 11 is 1.91. The van der Waals surface area contributed by atoms with Crippen molar-refractivity contribution >= 4 is 17.3 Å². The van der Waals surface area contributed by atoms with E-state index in [-0.39, 0.29) is 11.7 Å². The Hall–Kier alpha value is -2.44. The topological polar surface area (TPSA) is 55.6 Å². The van der Waals surface area contributed by atoms with Crippen molar-refractivity contribution in [3.8, 4) is 0 Å². The highest BCUT2D eigenvalue weighted by Gasteiger charge is 2.33.